The summed E-state index contributed by atoms with van der Waals surface area (Å²) < 4.78 is 10.6. The molecule has 0 aliphatic heterocycles. The Kier molecular flexibility index (Phi) is 6.46. The Hall–Kier alpha value is -3.28. The number of hydrogen-bond donors (Lipinski definition) is 2. The van der Waals surface area contributed by atoms with E-state index in [1.165, 1.54) is 11.9 Å². The molecule has 0 atom stereocenters. The van der Waals surface area contributed by atoms with Gasteiger partial charge in [-0.25, -0.2) is 9.97 Å². The Morgan fingerprint density at radius 2 is 1.70 bits per heavy atom. The van der Waals surface area contributed by atoms with Gasteiger partial charge in [-0.15, -0.1) is 0 Å². The van der Waals surface area contributed by atoms with E-state index in [1.807, 2.05) is 30.3 Å². The van der Waals surface area contributed by atoms with Crippen molar-refractivity contribution >= 4 is 17.3 Å². The average Bonchev–Trinajstić information content (AvgIpc) is 2.72. The lowest BCUT2D eigenvalue weighted by Gasteiger charge is -2.12. The summed E-state index contributed by atoms with van der Waals surface area (Å²) in [5.41, 5.74) is 2.16. The molecule has 6 nitrogen and oxygen atoms in total. The molecular formula is C21H24N4O2. The van der Waals surface area contributed by atoms with Gasteiger partial charge in [-0.2, -0.15) is 0 Å². The highest BCUT2D eigenvalue weighted by Crippen LogP contribution is 2.31. The van der Waals surface area contributed by atoms with Crippen molar-refractivity contribution in [2.75, 3.05) is 31.4 Å². The molecule has 1 heterocycles. The van der Waals surface area contributed by atoms with Gasteiger partial charge in [0.15, 0.2) is 0 Å². The van der Waals surface area contributed by atoms with Crippen LogP contribution in [0.2, 0.25) is 0 Å². The molecule has 3 aromatic rings. The number of hydrogen-bond acceptors (Lipinski definition) is 6. The van der Waals surface area contributed by atoms with E-state index in [-0.39, 0.29) is 0 Å². The highest BCUT2D eigenvalue weighted by atomic mass is 16.5. The third kappa shape index (κ3) is 5.34. The molecule has 27 heavy (non-hydrogen) atoms. The van der Waals surface area contributed by atoms with E-state index >= 15 is 0 Å². The first kappa shape index (κ1) is 18.5. The average molecular weight is 364 g/mol. The maximum absolute atomic E-state index is 5.41. The van der Waals surface area contributed by atoms with E-state index in [9.17, 15) is 0 Å². The molecule has 6 heteroatoms. The second-order valence-electron chi connectivity index (χ2n) is 6.00. The van der Waals surface area contributed by atoms with Crippen molar-refractivity contribution in [2.45, 2.75) is 12.8 Å². The van der Waals surface area contributed by atoms with Crippen LogP contribution < -0.4 is 20.1 Å². The van der Waals surface area contributed by atoms with Crippen LogP contribution in [0.3, 0.4) is 0 Å². The summed E-state index contributed by atoms with van der Waals surface area (Å²) in [7, 11) is 3.25. The first-order valence-electron chi connectivity index (χ1n) is 8.87. The van der Waals surface area contributed by atoms with E-state index < -0.39 is 0 Å². The highest BCUT2D eigenvalue weighted by molar-refractivity contribution is 5.66. The summed E-state index contributed by atoms with van der Waals surface area (Å²) in [6.45, 7) is 0.844. The molecule has 0 unspecified atom stereocenters. The fourth-order valence-electron chi connectivity index (χ4n) is 2.72. The molecule has 140 valence electrons. The predicted octanol–water partition coefficient (Wildman–Crippen LogP) is 4.28. The Morgan fingerprint density at radius 3 is 2.48 bits per heavy atom. The van der Waals surface area contributed by atoms with Crippen molar-refractivity contribution in [1.82, 2.24) is 9.97 Å². The lowest BCUT2D eigenvalue weighted by Crippen LogP contribution is -2.06. The van der Waals surface area contributed by atoms with Gasteiger partial charge in [0.05, 0.1) is 19.9 Å². The summed E-state index contributed by atoms with van der Waals surface area (Å²) >= 11 is 0. The van der Waals surface area contributed by atoms with Crippen LogP contribution in [-0.2, 0) is 6.42 Å². The Balaban J connectivity index is 1.57. The maximum atomic E-state index is 5.41. The van der Waals surface area contributed by atoms with Crippen LogP contribution in [0, 0.1) is 0 Å². The molecule has 0 fully saturated rings. The molecule has 3 rings (SSSR count). The molecule has 0 spiro atoms. The standard InChI is InChI=1S/C21H24N4O2/c1-26-17-10-11-18(19(13-17)27-2)25-21-14-20(23-15-24-21)22-12-6-9-16-7-4-3-5-8-16/h3-5,7-8,10-11,13-15H,6,9,12H2,1-2H3,(H2,22,23,24,25). The summed E-state index contributed by atoms with van der Waals surface area (Å²) in [5.74, 6) is 2.90. The smallest absolute Gasteiger partial charge is 0.146 e. The van der Waals surface area contributed by atoms with Crippen LogP contribution in [-0.4, -0.2) is 30.7 Å². The van der Waals surface area contributed by atoms with Crippen LogP contribution >= 0.6 is 0 Å². The van der Waals surface area contributed by atoms with Crippen LogP contribution in [0.4, 0.5) is 17.3 Å². The van der Waals surface area contributed by atoms with Crippen molar-refractivity contribution < 1.29 is 9.47 Å². The number of nitrogens with zero attached hydrogens (tertiary/aromatic N) is 2. The second-order valence-corrected chi connectivity index (χ2v) is 6.00. The van der Waals surface area contributed by atoms with Crippen LogP contribution in [0.1, 0.15) is 12.0 Å². The van der Waals surface area contributed by atoms with E-state index in [0.29, 0.717) is 11.6 Å². The number of ether oxygens (including phenoxy) is 2. The zero-order valence-electron chi connectivity index (χ0n) is 15.6. The minimum absolute atomic E-state index is 0.685. The third-order valence-corrected chi connectivity index (χ3v) is 4.13. The number of rotatable bonds is 9. The maximum Gasteiger partial charge on any atom is 0.146 e. The van der Waals surface area contributed by atoms with E-state index in [4.69, 9.17) is 9.47 Å². The number of aromatic nitrogens is 2. The molecule has 0 aliphatic rings. The topological polar surface area (TPSA) is 68.3 Å². The van der Waals surface area contributed by atoms with Crippen molar-refractivity contribution in [3.8, 4) is 11.5 Å². The van der Waals surface area contributed by atoms with Gasteiger partial charge in [0, 0.05) is 18.7 Å². The number of aryl methyl sites for hydroxylation is 1. The van der Waals surface area contributed by atoms with Gasteiger partial charge in [0.25, 0.3) is 0 Å². The minimum atomic E-state index is 0.685. The monoisotopic (exact) mass is 364 g/mol. The van der Waals surface area contributed by atoms with Crippen molar-refractivity contribution in [3.63, 3.8) is 0 Å². The van der Waals surface area contributed by atoms with Gasteiger partial charge >= 0.3 is 0 Å². The quantitative estimate of drug-likeness (QED) is 0.552. The van der Waals surface area contributed by atoms with Crippen LogP contribution in [0.25, 0.3) is 0 Å². The zero-order valence-corrected chi connectivity index (χ0v) is 15.6. The Morgan fingerprint density at radius 1 is 0.889 bits per heavy atom. The third-order valence-electron chi connectivity index (χ3n) is 4.13. The highest BCUT2D eigenvalue weighted by Gasteiger charge is 2.07. The lowest BCUT2D eigenvalue weighted by molar-refractivity contribution is 0.395. The molecule has 0 radical (unpaired) electrons. The zero-order chi connectivity index (χ0) is 18.9. The minimum Gasteiger partial charge on any atom is -0.497 e. The van der Waals surface area contributed by atoms with Crippen LogP contribution in [0.5, 0.6) is 11.5 Å². The van der Waals surface area contributed by atoms with Gasteiger partial charge in [-0.05, 0) is 30.5 Å². The van der Waals surface area contributed by atoms with Crippen LogP contribution in [0.15, 0.2) is 60.9 Å². The first-order valence-corrected chi connectivity index (χ1v) is 8.87. The molecule has 0 bridgehead atoms. The predicted molar refractivity (Wildman–Crippen MR) is 108 cm³/mol. The van der Waals surface area contributed by atoms with Gasteiger partial charge in [-0.3, -0.25) is 0 Å². The Bertz CT molecular complexity index is 856. The SMILES string of the molecule is COc1ccc(Nc2cc(NCCCc3ccccc3)ncn2)c(OC)c1. The van der Waals surface area contributed by atoms with E-state index in [1.54, 1.807) is 14.2 Å². The lowest BCUT2D eigenvalue weighted by atomic mass is 10.1. The van der Waals surface area contributed by atoms with Gasteiger partial charge in [-0.1, -0.05) is 30.3 Å². The number of anilines is 3. The van der Waals surface area contributed by atoms with Gasteiger partial charge < -0.3 is 20.1 Å². The molecule has 2 N–H and O–H groups in total. The fourth-order valence-corrected chi connectivity index (χ4v) is 2.72. The number of methoxy groups -OCH3 is 2. The van der Waals surface area contributed by atoms with Gasteiger partial charge in [0.1, 0.15) is 29.5 Å². The summed E-state index contributed by atoms with van der Waals surface area (Å²) in [5, 5.41) is 6.61. The number of benzene rings is 2. The molecule has 0 saturated carbocycles. The molecule has 0 aliphatic carbocycles. The van der Waals surface area contributed by atoms with Crippen molar-refractivity contribution in [2.24, 2.45) is 0 Å². The number of nitrogens with one attached hydrogen (secondary N) is 2. The van der Waals surface area contributed by atoms with E-state index in [0.717, 1.165) is 36.6 Å². The largest absolute Gasteiger partial charge is 0.497 e. The molecular weight excluding hydrogens is 340 g/mol. The summed E-state index contributed by atoms with van der Waals surface area (Å²) in [4.78, 5) is 8.56. The fraction of sp³-hybridized carbons (Fsp3) is 0.238. The van der Waals surface area contributed by atoms with E-state index in [2.05, 4.69) is 44.9 Å². The first-order chi connectivity index (χ1) is 13.3. The summed E-state index contributed by atoms with van der Waals surface area (Å²) in [6.07, 6.45) is 3.61. The normalized spacial score (nSPS) is 10.3. The summed E-state index contributed by atoms with van der Waals surface area (Å²) in [6, 6.07) is 17.9. The van der Waals surface area contributed by atoms with Gasteiger partial charge in [0.2, 0.25) is 0 Å². The van der Waals surface area contributed by atoms with Crippen molar-refractivity contribution in [3.05, 3.63) is 66.5 Å². The van der Waals surface area contributed by atoms with Crippen molar-refractivity contribution in [1.29, 1.82) is 0 Å². The molecule has 0 amide bonds. The molecule has 2 aromatic carbocycles. The Labute approximate surface area is 159 Å². The molecule has 1 aromatic heterocycles. The molecule has 0 saturated heterocycles. The second kappa shape index (κ2) is 9.43.